The van der Waals surface area contributed by atoms with Crippen LogP contribution in [0.2, 0.25) is 0 Å². The highest BCUT2D eigenvalue weighted by Gasteiger charge is 2.44. The van der Waals surface area contributed by atoms with Crippen molar-refractivity contribution in [1.82, 2.24) is 15.1 Å². The second-order valence-electron chi connectivity index (χ2n) is 9.24. The Balaban J connectivity index is 0.000000349. The molecule has 2 saturated heterocycles. The molecule has 2 aromatic rings. The first-order valence-corrected chi connectivity index (χ1v) is 12.9. The molecule has 10 nitrogen and oxygen atoms in total. The van der Waals surface area contributed by atoms with Gasteiger partial charge in [-0.3, -0.25) is 9.69 Å². The second kappa shape index (κ2) is 14.7. The van der Waals surface area contributed by atoms with E-state index in [1.807, 2.05) is 29.6 Å². The Hall–Kier alpha value is -3.15. The van der Waals surface area contributed by atoms with Crippen LogP contribution in [0.1, 0.15) is 23.5 Å². The van der Waals surface area contributed by atoms with Gasteiger partial charge >= 0.3 is 24.3 Å². The Labute approximate surface area is 234 Å². The first kappa shape index (κ1) is 34.1. The third kappa shape index (κ3) is 11.7. The lowest BCUT2D eigenvalue weighted by atomic mass is 9.88. The molecule has 0 bridgehead atoms. The van der Waals surface area contributed by atoms with Crippen molar-refractivity contribution in [2.45, 2.75) is 50.0 Å². The van der Waals surface area contributed by atoms with Gasteiger partial charge in [-0.15, -0.1) is 11.3 Å². The first-order valence-electron chi connectivity index (χ1n) is 12.0. The number of rotatable bonds is 5. The molecule has 1 unspecified atom stereocenters. The molecule has 2 fully saturated rings. The van der Waals surface area contributed by atoms with Crippen molar-refractivity contribution in [3.8, 4) is 0 Å². The summed E-state index contributed by atoms with van der Waals surface area (Å²) in [6, 6.07) is 7.99. The topological polar surface area (TPSA) is 133 Å². The predicted molar refractivity (Wildman–Crippen MR) is 132 cm³/mol. The van der Waals surface area contributed by atoms with Crippen LogP contribution in [0.4, 0.5) is 26.3 Å². The highest BCUT2D eigenvalue weighted by molar-refractivity contribution is 7.09. The van der Waals surface area contributed by atoms with Gasteiger partial charge in [0, 0.05) is 31.1 Å². The number of ether oxygens (including phenoxy) is 1. The normalized spacial score (nSPS) is 19.3. The number of amides is 1. The van der Waals surface area contributed by atoms with E-state index in [0.717, 1.165) is 49.7 Å². The van der Waals surface area contributed by atoms with Crippen LogP contribution in [0.3, 0.4) is 0 Å². The fourth-order valence-corrected chi connectivity index (χ4v) is 4.72. The number of likely N-dealkylation sites (tertiary alicyclic amines) is 1. The Morgan fingerprint density at radius 2 is 1.63 bits per heavy atom. The standard InChI is InChI=1S/C20H27N3O3S.2C2HF3O2/c1-22-14-18(19(24)21-12-17-5-3-11-27-17)26-20(15-22)6-8-23(9-7-20)13-16-4-2-10-25-16;2*3-2(4,5)1(6)7/h2-5,10-11,18H,6-9,12-15H2,1H3,(H,21,24);2*(H,6,7). The summed E-state index contributed by atoms with van der Waals surface area (Å²) in [6.45, 7) is 4.86. The van der Waals surface area contributed by atoms with Crippen LogP contribution in [0.15, 0.2) is 40.3 Å². The number of alkyl halides is 6. The summed E-state index contributed by atoms with van der Waals surface area (Å²) in [5.74, 6) is -4.52. The summed E-state index contributed by atoms with van der Waals surface area (Å²) in [5, 5.41) is 19.3. The molecule has 17 heteroatoms. The molecule has 2 aliphatic rings. The van der Waals surface area contributed by atoms with Crippen molar-refractivity contribution in [1.29, 1.82) is 0 Å². The number of nitrogens with zero attached hydrogens (tertiary/aromatic N) is 2. The van der Waals surface area contributed by atoms with E-state index in [4.69, 9.17) is 29.0 Å². The number of carbonyl (C=O) groups is 3. The average Bonchev–Trinajstić information content (AvgIpc) is 3.58. The molecule has 0 aliphatic carbocycles. The maximum Gasteiger partial charge on any atom is 0.490 e. The number of hydrogen-bond donors (Lipinski definition) is 3. The summed E-state index contributed by atoms with van der Waals surface area (Å²) >= 11 is 1.66. The van der Waals surface area contributed by atoms with E-state index in [-0.39, 0.29) is 11.5 Å². The van der Waals surface area contributed by atoms with E-state index in [2.05, 4.69) is 22.2 Å². The van der Waals surface area contributed by atoms with Crippen LogP contribution in [0.25, 0.3) is 0 Å². The fourth-order valence-electron chi connectivity index (χ4n) is 4.07. The van der Waals surface area contributed by atoms with Crippen molar-refractivity contribution < 1.29 is 60.1 Å². The minimum Gasteiger partial charge on any atom is -0.475 e. The number of morpholine rings is 1. The molecule has 3 N–H and O–H groups in total. The number of carbonyl (C=O) groups excluding carboxylic acids is 1. The molecule has 0 radical (unpaired) electrons. The monoisotopic (exact) mass is 617 g/mol. The number of aliphatic carboxylic acids is 2. The number of furan rings is 1. The molecular formula is C24H29F6N3O7S. The lowest BCUT2D eigenvalue weighted by Crippen LogP contribution is -2.61. The Morgan fingerprint density at radius 1 is 1.05 bits per heavy atom. The smallest absolute Gasteiger partial charge is 0.475 e. The van der Waals surface area contributed by atoms with Gasteiger partial charge in [-0.25, -0.2) is 9.59 Å². The molecule has 4 rings (SSSR count). The number of hydrogen-bond acceptors (Lipinski definition) is 8. The van der Waals surface area contributed by atoms with Gasteiger partial charge in [-0.05, 0) is 43.5 Å². The molecule has 1 amide bonds. The molecular weight excluding hydrogens is 588 g/mol. The third-order valence-corrected chi connectivity index (χ3v) is 6.83. The Bertz CT molecular complexity index is 1080. The molecule has 2 aliphatic heterocycles. The van der Waals surface area contributed by atoms with E-state index < -0.39 is 30.4 Å². The van der Waals surface area contributed by atoms with Crippen molar-refractivity contribution in [3.05, 3.63) is 46.5 Å². The van der Waals surface area contributed by atoms with Crippen LogP contribution >= 0.6 is 11.3 Å². The predicted octanol–water partition coefficient (Wildman–Crippen LogP) is 3.59. The number of nitrogens with one attached hydrogen (secondary N) is 1. The molecule has 1 atom stereocenters. The quantitative estimate of drug-likeness (QED) is 0.431. The molecule has 2 aromatic heterocycles. The number of carboxylic acid groups (broad SMARTS) is 2. The zero-order valence-electron chi connectivity index (χ0n) is 21.7. The fraction of sp³-hybridized carbons (Fsp3) is 0.542. The zero-order chi connectivity index (χ0) is 30.8. The molecule has 41 heavy (non-hydrogen) atoms. The SMILES string of the molecule is CN1CC(C(=O)NCc2cccs2)OC2(CCN(Cc3ccco3)CC2)C1.O=C(O)C(F)(F)F.O=C(O)C(F)(F)F. The third-order valence-electron chi connectivity index (χ3n) is 5.95. The van der Waals surface area contributed by atoms with E-state index in [0.29, 0.717) is 13.1 Å². The van der Waals surface area contributed by atoms with Crippen molar-refractivity contribution >= 4 is 29.2 Å². The maximum absolute atomic E-state index is 12.7. The number of carboxylic acids is 2. The maximum atomic E-state index is 12.7. The summed E-state index contributed by atoms with van der Waals surface area (Å²) in [5.41, 5.74) is -0.225. The van der Waals surface area contributed by atoms with Gasteiger partial charge in [0.05, 0.1) is 25.0 Å². The van der Waals surface area contributed by atoms with Gasteiger partial charge in [0.15, 0.2) is 0 Å². The van der Waals surface area contributed by atoms with Crippen molar-refractivity contribution in [2.75, 3.05) is 33.2 Å². The van der Waals surface area contributed by atoms with Crippen molar-refractivity contribution in [3.63, 3.8) is 0 Å². The number of piperidine rings is 1. The van der Waals surface area contributed by atoms with Gasteiger partial charge < -0.3 is 29.6 Å². The minimum atomic E-state index is -5.08. The largest absolute Gasteiger partial charge is 0.490 e. The second-order valence-corrected chi connectivity index (χ2v) is 10.3. The van der Waals surface area contributed by atoms with Crippen LogP contribution in [-0.2, 0) is 32.2 Å². The van der Waals surface area contributed by atoms with Crippen LogP contribution in [-0.4, -0.2) is 95.1 Å². The zero-order valence-corrected chi connectivity index (χ0v) is 22.5. The minimum absolute atomic E-state index is 0.00709. The summed E-state index contributed by atoms with van der Waals surface area (Å²) in [4.78, 5) is 36.2. The average molecular weight is 618 g/mol. The molecule has 0 saturated carbocycles. The van der Waals surface area contributed by atoms with E-state index >= 15 is 0 Å². The molecule has 230 valence electrons. The van der Waals surface area contributed by atoms with Gasteiger partial charge in [-0.1, -0.05) is 6.07 Å². The molecule has 0 aromatic carbocycles. The highest BCUT2D eigenvalue weighted by Crippen LogP contribution is 2.32. The lowest BCUT2D eigenvalue weighted by molar-refractivity contribution is -0.193. The Kier molecular flexibility index (Phi) is 12.2. The van der Waals surface area contributed by atoms with E-state index in [1.54, 1.807) is 17.6 Å². The lowest BCUT2D eigenvalue weighted by Gasteiger charge is -2.48. The number of thiophene rings is 1. The van der Waals surface area contributed by atoms with Gasteiger partial charge in [0.1, 0.15) is 11.9 Å². The Morgan fingerprint density at radius 3 is 2.10 bits per heavy atom. The summed E-state index contributed by atoms with van der Waals surface area (Å²) < 4.78 is 75.3. The van der Waals surface area contributed by atoms with E-state index in [9.17, 15) is 31.1 Å². The van der Waals surface area contributed by atoms with E-state index in [1.165, 1.54) is 0 Å². The molecule has 1 spiro atoms. The number of likely N-dealkylation sites (N-methyl/N-ethyl adjacent to an activating group) is 1. The van der Waals surface area contributed by atoms with Crippen LogP contribution in [0, 0.1) is 0 Å². The summed E-state index contributed by atoms with van der Waals surface area (Å²) in [6.07, 6.45) is -6.97. The van der Waals surface area contributed by atoms with Gasteiger partial charge in [0.25, 0.3) is 5.91 Å². The first-order chi connectivity index (χ1) is 19.0. The number of halogens is 6. The van der Waals surface area contributed by atoms with Crippen molar-refractivity contribution in [2.24, 2.45) is 0 Å². The van der Waals surface area contributed by atoms with Crippen LogP contribution in [0.5, 0.6) is 0 Å². The van der Waals surface area contributed by atoms with Gasteiger partial charge in [0.2, 0.25) is 0 Å². The van der Waals surface area contributed by atoms with Gasteiger partial charge in [-0.2, -0.15) is 26.3 Å². The van der Waals surface area contributed by atoms with Crippen LogP contribution < -0.4 is 5.32 Å². The highest BCUT2D eigenvalue weighted by atomic mass is 32.1. The summed E-state index contributed by atoms with van der Waals surface area (Å²) in [7, 11) is 2.08. The molecule has 4 heterocycles.